The summed E-state index contributed by atoms with van der Waals surface area (Å²) in [6.45, 7) is -0.291. The van der Waals surface area contributed by atoms with Crippen LogP contribution in [0.3, 0.4) is 0 Å². The van der Waals surface area contributed by atoms with Gasteiger partial charge in [-0.1, -0.05) is 23.2 Å². The van der Waals surface area contributed by atoms with Crippen molar-refractivity contribution in [2.75, 3.05) is 6.54 Å². The lowest BCUT2D eigenvalue weighted by Crippen LogP contribution is -2.35. The molecule has 0 aliphatic rings. The lowest BCUT2D eigenvalue weighted by Gasteiger charge is -2.04. The van der Waals surface area contributed by atoms with Crippen LogP contribution in [-0.2, 0) is 4.79 Å². The molecule has 1 aromatic heterocycles. The van der Waals surface area contributed by atoms with Crippen LogP contribution in [0, 0.1) is 0 Å². The first-order valence-corrected chi connectivity index (χ1v) is 8.76. The van der Waals surface area contributed by atoms with Crippen LogP contribution in [-0.4, -0.2) is 24.6 Å². The number of nitrogens with one attached hydrogen (secondary N) is 2. The molecule has 3 rings (SSSR count). The second-order valence-corrected chi connectivity index (χ2v) is 6.52. The maximum absolute atomic E-state index is 12.4. The zero-order chi connectivity index (χ0) is 20.1. The molecule has 0 aliphatic heterocycles. The van der Waals surface area contributed by atoms with E-state index in [1.807, 2.05) is 0 Å². The second kappa shape index (κ2) is 8.69. The monoisotopic (exact) mass is 417 g/mol. The summed E-state index contributed by atoms with van der Waals surface area (Å²) in [5.41, 5.74) is 2.78. The molecule has 0 fully saturated rings. The molecule has 2 aromatic carbocycles. The molecule has 0 radical (unpaired) electrons. The van der Waals surface area contributed by atoms with Crippen molar-refractivity contribution in [1.82, 2.24) is 10.7 Å². The van der Waals surface area contributed by atoms with Gasteiger partial charge < -0.3 is 9.73 Å². The van der Waals surface area contributed by atoms with Gasteiger partial charge in [0.05, 0.1) is 23.7 Å². The minimum atomic E-state index is -0.563. The van der Waals surface area contributed by atoms with Gasteiger partial charge in [-0.2, -0.15) is 5.10 Å². The Hall–Kier alpha value is -3.16. The number of carbonyl (C=O) groups excluding carboxylic acids is 2. The van der Waals surface area contributed by atoms with Crippen LogP contribution in [0.2, 0.25) is 10.0 Å². The molecule has 0 bridgehead atoms. The zero-order valence-corrected chi connectivity index (χ0v) is 15.8. The van der Waals surface area contributed by atoms with Crippen molar-refractivity contribution in [1.29, 1.82) is 0 Å². The van der Waals surface area contributed by atoms with Gasteiger partial charge in [0.15, 0.2) is 0 Å². The average molecular weight is 418 g/mol. The quantitative estimate of drug-likeness (QED) is 0.492. The zero-order valence-electron chi connectivity index (χ0n) is 14.2. The number of hydrazone groups is 1. The van der Waals surface area contributed by atoms with Crippen LogP contribution in [0.5, 0.6) is 0 Å². The molecule has 0 atom stereocenters. The highest BCUT2D eigenvalue weighted by Gasteiger charge is 2.08. The summed E-state index contributed by atoms with van der Waals surface area (Å²) in [4.78, 5) is 36.1. The van der Waals surface area contributed by atoms with Crippen molar-refractivity contribution < 1.29 is 14.0 Å². The highest BCUT2D eigenvalue weighted by molar-refractivity contribution is 6.31. The lowest BCUT2D eigenvalue weighted by molar-refractivity contribution is -0.120. The van der Waals surface area contributed by atoms with E-state index in [1.54, 1.807) is 36.4 Å². The molecule has 9 heteroatoms. The van der Waals surface area contributed by atoms with Gasteiger partial charge in [-0.15, -0.1) is 0 Å². The number of benzene rings is 2. The number of fused-ring (bicyclic) bond motifs is 1. The summed E-state index contributed by atoms with van der Waals surface area (Å²) in [6, 6.07) is 10.9. The molecule has 28 heavy (non-hydrogen) atoms. The number of nitrogens with zero attached hydrogens (tertiary/aromatic N) is 1. The SMILES string of the molecule is O=C(CNC(=O)c1ccc(Cl)cc1)N/N=C/c1coc2ccc(Cl)cc2c1=O. The van der Waals surface area contributed by atoms with Crippen molar-refractivity contribution in [2.24, 2.45) is 5.10 Å². The first kappa shape index (κ1) is 19.6. The van der Waals surface area contributed by atoms with Crippen LogP contribution in [0.25, 0.3) is 11.0 Å². The topological polar surface area (TPSA) is 101 Å². The summed E-state index contributed by atoms with van der Waals surface area (Å²) in [6.07, 6.45) is 2.39. The number of halogens is 2. The third-order valence-electron chi connectivity index (χ3n) is 3.67. The molecule has 3 aromatic rings. The van der Waals surface area contributed by atoms with E-state index in [2.05, 4.69) is 15.8 Å². The van der Waals surface area contributed by atoms with E-state index in [9.17, 15) is 14.4 Å². The van der Waals surface area contributed by atoms with Gasteiger partial charge in [0.1, 0.15) is 11.8 Å². The number of amides is 2. The summed E-state index contributed by atoms with van der Waals surface area (Å²) < 4.78 is 5.34. The van der Waals surface area contributed by atoms with Gasteiger partial charge in [-0.3, -0.25) is 14.4 Å². The average Bonchev–Trinajstić information content (AvgIpc) is 2.69. The lowest BCUT2D eigenvalue weighted by atomic mass is 10.2. The van der Waals surface area contributed by atoms with Crippen LogP contribution in [0.4, 0.5) is 0 Å². The van der Waals surface area contributed by atoms with E-state index in [0.29, 0.717) is 26.6 Å². The van der Waals surface area contributed by atoms with E-state index in [-0.39, 0.29) is 17.5 Å². The molecule has 0 saturated carbocycles. The normalized spacial score (nSPS) is 10.9. The molecular formula is C19H13Cl2N3O4. The Labute approximate surface area is 168 Å². The fraction of sp³-hybridized carbons (Fsp3) is 0.0526. The van der Waals surface area contributed by atoms with Gasteiger partial charge in [0.2, 0.25) is 5.43 Å². The van der Waals surface area contributed by atoms with Gasteiger partial charge in [-0.25, -0.2) is 5.43 Å². The van der Waals surface area contributed by atoms with Gasteiger partial charge >= 0.3 is 0 Å². The predicted molar refractivity (Wildman–Crippen MR) is 107 cm³/mol. The Kier molecular flexibility index (Phi) is 6.08. The molecule has 0 spiro atoms. The fourth-order valence-corrected chi connectivity index (χ4v) is 2.58. The summed E-state index contributed by atoms with van der Waals surface area (Å²) in [7, 11) is 0. The molecule has 142 valence electrons. The van der Waals surface area contributed by atoms with Crippen LogP contribution < -0.4 is 16.2 Å². The number of hydrogen-bond acceptors (Lipinski definition) is 5. The number of carbonyl (C=O) groups is 2. The van der Waals surface area contributed by atoms with E-state index < -0.39 is 11.8 Å². The number of hydrogen-bond donors (Lipinski definition) is 2. The molecule has 2 N–H and O–H groups in total. The standard InChI is InChI=1S/C19H13Cl2N3O4/c20-13-3-1-11(2-4-13)19(27)22-9-17(25)24-23-8-12-10-28-16-6-5-14(21)7-15(16)18(12)26/h1-8,10H,9H2,(H,22,27)(H,24,25)/b23-8+. The maximum Gasteiger partial charge on any atom is 0.259 e. The Balaban J connectivity index is 1.58. The summed E-state index contributed by atoms with van der Waals surface area (Å²) in [5, 5.41) is 7.36. The highest BCUT2D eigenvalue weighted by atomic mass is 35.5. The van der Waals surface area contributed by atoms with Gasteiger partial charge in [0, 0.05) is 15.6 Å². The largest absolute Gasteiger partial charge is 0.463 e. The molecular weight excluding hydrogens is 405 g/mol. The smallest absolute Gasteiger partial charge is 0.259 e. The molecule has 2 amide bonds. The summed E-state index contributed by atoms with van der Waals surface area (Å²) in [5.74, 6) is -0.991. The minimum absolute atomic E-state index is 0.139. The number of rotatable bonds is 5. The molecule has 0 aliphatic carbocycles. The Morgan fingerprint density at radius 2 is 1.79 bits per heavy atom. The van der Waals surface area contributed by atoms with Crippen LogP contribution in [0.15, 0.2) is 63.0 Å². The molecule has 0 unspecified atom stereocenters. The van der Waals surface area contributed by atoms with Gasteiger partial charge in [0.25, 0.3) is 11.8 Å². The van der Waals surface area contributed by atoms with E-state index in [0.717, 1.165) is 6.21 Å². The van der Waals surface area contributed by atoms with Crippen LogP contribution >= 0.6 is 23.2 Å². The minimum Gasteiger partial charge on any atom is -0.463 e. The Morgan fingerprint density at radius 1 is 1.07 bits per heavy atom. The van der Waals surface area contributed by atoms with Crippen molar-refractivity contribution in [3.8, 4) is 0 Å². The van der Waals surface area contributed by atoms with Gasteiger partial charge in [-0.05, 0) is 42.5 Å². The van der Waals surface area contributed by atoms with Crippen LogP contribution in [0.1, 0.15) is 15.9 Å². The first-order chi connectivity index (χ1) is 13.4. The van der Waals surface area contributed by atoms with Crippen molar-refractivity contribution in [3.05, 3.63) is 80.1 Å². The van der Waals surface area contributed by atoms with E-state index in [1.165, 1.54) is 12.3 Å². The van der Waals surface area contributed by atoms with Crippen molar-refractivity contribution in [2.45, 2.75) is 0 Å². The van der Waals surface area contributed by atoms with E-state index >= 15 is 0 Å². The first-order valence-electron chi connectivity index (χ1n) is 8.01. The van der Waals surface area contributed by atoms with Crippen molar-refractivity contribution in [3.63, 3.8) is 0 Å². The Morgan fingerprint density at radius 3 is 2.54 bits per heavy atom. The molecule has 0 saturated heterocycles. The second-order valence-electron chi connectivity index (χ2n) is 5.64. The molecule has 1 heterocycles. The third-order valence-corrected chi connectivity index (χ3v) is 4.16. The highest BCUT2D eigenvalue weighted by Crippen LogP contribution is 2.16. The predicted octanol–water partition coefficient (Wildman–Crippen LogP) is 2.98. The summed E-state index contributed by atoms with van der Waals surface area (Å²) >= 11 is 11.6. The Bertz CT molecular complexity index is 1120. The third kappa shape index (κ3) is 4.76. The maximum atomic E-state index is 12.4. The van der Waals surface area contributed by atoms with E-state index in [4.69, 9.17) is 27.6 Å². The molecule has 7 nitrogen and oxygen atoms in total. The van der Waals surface area contributed by atoms with Crippen molar-refractivity contribution >= 4 is 52.2 Å². The fourth-order valence-electron chi connectivity index (χ4n) is 2.28.